The number of rotatable bonds is 6. The van der Waals surface area contributed by atoms with Gasteiger partial charge >= 0.3 is 0 Å². The number of nitriles is 1. The molecule has 150 valence electrons. The molecule has 0 bridgehead atoms. The molecule has 0 aliphatic carbocycles. The van der Waals surface area contributed by atoms with Crippen molar-refractivity contribution in [3.05, 3.63) is 59.7 Å². The first-order chi connectivity index (χ1) is 14.0. The average Bonchev–Trinajstić information content (AvgIpc) is 2.73. The molecule has 0 aromatic heterocycles. The molecule has 1 saturated heterocycles. The van der Waals surface area contributed by atoms with Crippen LogP contribution in [-0.4, -0.2) is 31.6 Å². The fourth-order valence-corrected chi connectivity index (χ4v) is 3.51. The van der Waals surface area contributed by atoms with Gasteiger partial charge in [0.25, 0.3) is 0 Å². The van der Waals surface area contributed by atoms with Gasteiger partial charge in [-0.25, -0.2) is 0 Å². The predicted molar refractivity (Wildman–Crippen MR) is 110 cm³/mol. The first kappa shape index (κ1) is 20.5. The molecule has 7 heteroatoms. The maximum atomic E-state index is 12.5. The fourth-order valence-electron chi connectivity index (χ4n) is 3.51. The number of amides is 2. The lowest BCUT2D eigenvalue weighted by molar-refractivity contribution is -0.116. The van der Waals surface area contributed by atoms with Crippen LogP contribution in [0.15, 0.2) is 48.5 Å². The first-order valence-corrected chi connectivity index (χ1v) is 9.52. The third-order valence-electron chi connectivity index (χ3n) is 4.94. The molecule has 1 heterocycles. The second-order valence-corrected chi connectivity index (χ2v) is 7.05. The lowest BCUT2D eigenvalue weighted by Crippen LogP contribution is -2.49. The summed E-state index contributed by atoms with van der Waals surface area (Å²) < 4.78 is 5.51. The van der Waals surface area contributed by atoms with Crippen LogP contribution in [0.1, 0.15) is 30.9 Å². The molecule has 29 heavy (non-hydrogen) atoms. The zero-order valence-electron chi connectivity index (χ0n) is 16.3. The number of ether oxygens (including phenoxy) is 1. The van der Waals surface area contributed by atoms with E-state index in [1.54, 1.807) is 30.3 Å². The van der Waals surface area contributed by atoms with E-state index in [1.165, 1.54) is 6.92 Å². The van der Waals surface area contributed by atoms with E-state index in [0.29, 0.717) is 43.0 Å². The maximum absolute atomic E-state index is 12.5. The Morgan fingerprint density at radius 3 is 2.45 bits per heavy atom. The van der Waals surface area contributed by atoms with E-state index in [1.807, 2.05) is 18.2 Å². The molecule has 0 spiro atoms. The van der Waals surface area contributed by atoms with Crippen LogP contribution in [0.3, 0.4) is 0 Å². The van der Waals surface area contributed by atoms with Crippen molar-refractivity contribution >= 4 is 23.2 Å². The van der Waals surface area contributed by atoms with E-state index in [9.17, 15) is 14.9 Å². The molecule has 2 aromatic rings. The number of nitrogens with one attached hydrogen (secondary N) is 3. The van der Waals surface area contributed by atoms with Crippen molar-refractivity contribution in [2.24, 2.45) is 0 Å². The van der Waals surface area contributed by atoms with Gasteiger partial charge in [-0.1, -0.05) is 18.2 Å². The Hall–Kier alpha value is -3.21. The highest BCUT2D eigenvalue weighted by atomic mass is 16.5. The minimum Gasteiger partial charge on any atom is -0.381 e. The highest BCUT2D eigenvalue weighted by Crippen LogP contribution is 2.32. The van der Waals surface area contributed by atoms with Gasteiger partial charge in [-0.15, -0.1) is 0 Å². The number of anilines is 2. The Bertz CT molecular complexity index is 930. The molecule has 2 amide bonds. The Morgan fingerprint density at radius 2 is 1.76 bits per heavy atom. The lowest BCUT2D eigenvalue weighted by atomic mass is 9.82. The van der Waals surface area contributed by atoms with Gasteiger partial charge < -0.3 is 15.4 Å². The number of carbonyl (C=O) groups is 2. The largest absolute Gasteiger partial charge is 0.381 e. The molecule has 1 aliphatic rings. The summed E-state index contributed by atoms with van der Waals surface area (Å²) in [6.45, 7) is 2.72. The quantitative estimate of drug-likeness (QED) is 0.701. The van der Waals surface area contributed by atoms with Gasteiger partial charge in [0.15, 0.2) is 0 Å². The van der Waals surface area contributed by atoms with E-state index in [2.05, 4.69) is 22.0 Å². The molecular weight excluding hydrogens is 368 g/mol. The van der Waals surface area contributed by atoms with Gasteiger partial charge in [0.2, 0.25) is 11.8 Å². The van der Waals surface area contributed by atoms with Crippen molar-refractivity contribution in [1.82, 2.24) is 5.32 Å². The van der Waals surface area contributed by atoms with Gasteiger partial charge in [-0.05, 0) is 48.7 Å². The molecule has 3 N–H and O–H groups in total. The number of carbonyl (C=O) groups excluding carboxylic acids is 2. The Kier molecular flexibility index (Phi) is 6.60. The summed E-state index contributed by atoms with van der Waals surface area (Å²) in [7, 11) is 0. The molecule has 1 fully saturated rings. The highest BCUT2D eigenvalue weighted by molar-refractivity contribution is 5.94. The molecule has 0 radical (unpaired) electrons. The summed E-state index contributed by atoms with van der Waals surface area (Å²) in [6.07, 6.45) is 1.43. The lowest BCUT2D eigenvalue weighted by Gasteiger charge is -2.38. The number of nitrogens with zero attached hydrogens (tertiary/aromatic N) is 1. The molecule has 1 aliphatic heterocycles. The second-order valence-electron chi connectivity index (χ2n) is 7.05. The fraction of sp³-hybridized carbons (Fsp3) is 0.318. The minimum atomic E-state index is -0.416. The van der Waals surface area contributed by atoms with Crippen LogP contribution < -0.4 is 16.0 Å². The molecule has 2 aromatic carbocycles. The van der Waals surface area contributed by atoms with Crippen LogP contribution in [0.25, 0.3) is 0 Å². The van der Waals surface area contributed by atoms with Crippen molar-refractivity contribution in [3.8, 4) is 6.07 Å². The third kappa shape index (κ3) is 5.41. The van der Waals surface area contributed by atoms with Gasteiger partial charge in [0.05, 0.1) is 18.2 Å². The monoisotopic (exact) mass is 392 g/mol. The molecule has 0 atom stereocenters. The standard InChI is InChI=1S/C22H24N4O3/c1-16(27)25-19-6-3-7-20(13-19)26-21(28)15-24-22(8-10-29-11-9-22)18-5-2-4-17(12-18)14-23/h2-7,12-13,24H,8-11,15H2,1H3,(H,25,27)(H,26,28). The summed E-state index contributed by atoms with van der Waals surface area (Å²) in [6, 6.07) is 16.7. The zero-order chi connectivity index (χ0) is 20.7. The first-order valence-electron chi connectivity index (χ1n) is 9.52. The van der Waals surface area contributed by atoms with Crippen molar-refractivity contribution < 1.29 is 14.3 Å². The van der Waals surface area contributed by atoms with E-state index < -0.39 is 5.54 Å². The van der Waals surface area contributed by atoms with Gasteiger partial charge in [-0.3, -0.25) is 14.9 Å². The average molecular weight is 392 g/mol. The van der Waals surface area contributed by atoms with Crippen molar-refractivity contribution in [1.29, 1.82) is 5.26 Å². The van der Waals surface area contributed by atoms with Gasteiger partial charge in [0, 0.05) is 37.1 Å². The van der Waals surface area contributed by atoms with Crippen molar-refractivity contribution in [2.45, 2.75) is 25.3 Å². The van der Waals surface area contributed by atoms with Crippen LogP contribution in [-0.2, 0) is 19.9 Å². The summed E-state index contributed by atoms with van der Waals surface area (Å²) in [4.78, 5) is 23.7. The number of hydrogen-bond donors (Lipinski definition) is 3. The molecule has 7 nitrogen and oxygen atoms in total. The number of hydrogen-bond acceptors (Lipinski definition) is 5. The van der Waals surface area contributed by atoms with Crippen molar-refractivity contribution in [3.63, 3.8) is 0 Å². The Balaban J connectivity index is 1.69. The van der Waals surface area contributed by atoms with Crippen molar-refractivity contribution in [2.75, 3.05) is 30.4 Å². The molecule has 0 saturated carbocycles. The SMILES string of the molecule is CC(=O)Nc1cccc(NC(=O)CNC2(c3cccc(C#N)c3)CCOCC2)c1. The Morgan fingerprint density at radius 1 is 1.07 bits per heavy atom. The summed E-state index contributed by atoms with van der Waals surface area (Å²) in [5.41, 5.74) is 2.39. The predicted octanol–water partition coefficient (Wildman–Crippen LogP) is 2.75. The van der Waals surface area contributed by atoms with E-state index >= 15 is 0 Å². The molecular formula is C22H24N4O3. The second kappa shape index (κ2) is 9.32. The Labute approximate surface area is 170 Å². The van der Waals surface area contributed by atoms with Crippen LogP contribution >= 0.6 is 0 Å². The van der Waals surface area contributed by atoms with Crippen LogP contribution in [0.5, 0.6) is 0 Å². The summed E-state index contributed by atoms with van der Waals surface area (Å²) in [5, 5.41) is 18.2. The van der Waals surface area contributed by atoms with E-state index in [0.717, 1.165) is 5.56 Å². The van der Waals surface area contributed by atoms with Crippen LogP contribution in [0.2, 0.25) is 0 Å². The third-order valence-corrected chi connectivity index (χ3v) is 4.94. The van der Waals surface area contributed by atoms with Gasteiger partial charge in [0.1, 0.15) is 0 Å². The van der Waals surface area contributed by atoms with Crippen LogP contribution in [0.4, 0.5) is 11.4 Å². The highest BCUT2D eigenvalue weighted by Gasteiger charge is 2.34. The normalized spacial score (nSPS) is 15.2. The maximum Gasteiger partial charge on any atom is 0.238 e. The van der Waals surface area contributed by atoms with E-state index in [4.69, 9.17) is 4.74 Å². The van der Waals surface area contributed by atoms with Gasteiger partial charge in [-0.2, -0.15) is 5.26 Å². The summed E-state index contributed by atoms with van der Waals surface area (Å²) >= 11 is 0. The minimum absolute atomic E-state index is 0.112. The topological polar surface area (TPSA) is 103 Å². The zero-order valence-corrected chi connectivity index (χ0v) is 16.3. The number of benzene rings is 2. The smallest absolute Gasteiger partial charge is 0.238 e. The molecule has 0 unspecified atom stereocenters. The van der Waals surface area contributed by atoms with E-state index in [-0.39, 0.29) is 18.4 Å². The summed E-state index contributed by atoms with van der Waals surface area (Å²) in [5.74, 6) is -0.358. The molecule has 3 rings (SSSR count). The van der Waals surface area contributed by atoms with Crippen LogP contribution in [0, 0.1) is 11.3 Å².